The molecular formula is C13H14F3N3O2. The minimum Gasteiger partial charge on any atom is -0.385 e. The number of aromatic amines is 1. The van der Waals surface area contributed by atoms with E-state index in [0.29, 0.717) is 19.6 Å². The third-order valence-electron chi connectivity index (χ3n) is 2.82. The van der Waals surface area contributed by atoms with Gasteiger partial charge >= 0.3 is 6.18 Å². The van der Waals surface area contributed by atoms with Gasteiger partial charge in [0.2, 0.25) is 5.82 Å². The normalized spacial score (nSPS) is 11.8. The van der Waals surface area contributed by atoms with Gasteiger partial charge in [-0.25, -0.2) is 4.98 Å². The summed E-state index contributed by atoms with van der Waals surface area (Å²) >= 11 is 0. The minimum absolute atomic E-state index is 0.165. The number of benzene rings is 1. The summed E-state index contributed by atoms with van der Waals surface area (Å²) in [7, 11) is 1.56. The molecule has 1 aromatic heterocycles. The van der Waals surface area contributed by atoms with E-state index >= 15 is 0 Å². The first kappa shape index (κ1) is 15.3. The highest BCUT2D eigenvalue weighted by Crippen LogP contribution is 2.28. The molecular weight excluding hydrogens is 287 g/mol. The third-order valence-corrected chi connectivity index (χ3v) is 2.82. The molecule has 2 aromatic rings. The second-order valence-corrected chi connectivity index (χ2v) is 4.42. The number of H-pyrrole nitrogens is 1. The molecule has 1 aromatic carbocycles. The van der Waals surface area contributed by atoms with Crippen molar-refractivity contribution in [3.05, 3.63) is 29.6 Å². The molecule has 2 N–H and O–H groups in total. The van der Waals surface area contributed by atoms with Gasteiger partial charge in [0.05, 0.1) is 11.0 Å². The quantitative estimate of drug-likeness (QED) is 0.833. The average Bonchev–Trinajstić information content (AvgIpc) is 2.86. The van der Waals surface area contributed by atoms with Gasteiger partial charge in [0.25, 0.3) is 5.91 Å². The van der Waals surface area contributed by atoms with Gasteiger partial charge in [-0.2, -0.15) is 13.2 Å². The number of fused-ring (bicyclic) bond motifs is 1. The molecule has 2 rings (SSSR count). The lowest BCUT2D eigenvalue weighted by Crippen LogP contribution is -2.25. The SMILES string of the molecule is COCCCNC(=O)c1ccc2nc(C(F)(F)F)[nH]c2c1. The summed E-state index contributed by atoms with van der Waals surface area (Å²) in [5.74, 6) is -1.42. The van der Waals surface area contributed by atoms with Crippen LogP contribution in [-0.4, -0.2) is 36.1 Å². The Labute approximate surface area is 118 Å². The molecule has 114 valence electrons. The standard InChI is InChI=1S/C13H14F3N3O2/c1-21-6-2-5-17-11(20)8-3-4-9-10(7-8)19-12(18-9)13(14,15)16/h3-4,7H,2,5-6H2,1H3,(H,17,20)(H,18,19). The Balaban J connectivity index is 2.13. The van der Waals surface area contributed by atoms with Crippen LogP contribution >= 0.6 is 0 Å². The second kappa shape index (κ2) is 6.13. The van der Waals surface area contributed by atoms with Crippen molar-refractivity contribution in [1.29, 1.82) is 0 Å². The molecule has 0 radical (unpaired) electrons. The largest absolute Gasteiger partial charge is 0.449 e. The zero-order valence-electron chi connectivity index (χ0n) is 11.3. The Morgan fingerprint density at radius 3 is 2.86 bits per heavy atom. The molecule has 0 atom stereocenters. The summed E-state index contributed by atoms with van der Waals surface area (Å²) in [5, 5.41) is 2.66. The van der Waals surface area contributed by atoms with Gasteiger partial charge in [-0.15, -0.1) is 0 Å². The molecule has 0 aliphatic carbocycles. The summed E-state index contributed by atoms with van der Waals surface area (Å²) in [6, 6.07) is 4.17. The molecule has 0 aliphatic rings. The highest BCUT2D eigenvalue weighted by atomic mass is 19.4. The Morgan fingerprint density at radius 2 is 2.19 bits per heavy atom. The first-order chi connectivity index (χ1) is 9.91. The van der Waals surface area contributed by atoms with Crippen LogP contribution in [0.3, 0.4) is 0 Å². The molecule has 1 amide bonds. The van der Waals surface area contributed by atoms with Gasteiger partial charge in [0.1, 0.15) is 0 Å². The maximum absolute atomic E-state index is 12.5. The zero-order chi connectivity index (χ0) is 15.5. The lowest BCUT2D eigenvalue weighted by Gasteiger charge is -2.04. The van der Waals surface area contributed by atoms with Crippen LogP contribution in [0.1, 0.15) is 22.6 Å². The number of amides is 1. The van der Waals surface area contributed by atoms with Crippen molar-refractivity contribution < 1.29 is 22.7 Å². The van der Waals surface area contributed by atoms with Crippen LogP contribution in [0, 0.1) is 0 Å². The molecule has 0 saturated heterocycles. The van der Waals surface area contributed by atoms with Crippen molar-refractivity contribution in [2.75, 3.05) is 20.3 Å². The predicted molar refractivity (Wildman–Crippen MR) is 69.9 cm³/mol. The number of alkyl halides is 3. The van der Waals surface area contributed by atoms with Crippen molar-refractivity contribution in [3.8, 4) is 0 Å². The Kier molecular flexibility index (Phi) is 4.46. The molecule has 21 heavy (non-hydrogen) atoms. The molecule has 1 heterocycles. The first-order valence-corrected chi connectivity index (χ1v) is 6.26. The fourth-order valence-electron chi connectivity index (χ4n) is 1.81. The van der Waals surface area contributed by atoms with Crippen LogP contribution in [0.5, 0.6) is 0 Å². The van der Waals surface area contributed by atoms with E-state index in [1.54, 1.807) is 7.11 Å². The summed E-state index contributed by atoms with van der Waals surface area (Å²) in [6.45, 7) is 0.955. The van der Waals surface area contributed by atoms with Gasteiger partial charge < -0.3 is 15.0 Å². The van der Waals surface area contributed by atoms with Gasteiger partial charge in [0.15, 0.2) is 0 Å². The fourth-order valence-corrected chi connectivity index (χ4v) is 1.81. The number of methoxy groups -OCH3 is 1. The number of imidazole rings is 1. The van der Waals surface area contributed by atoms with Gasteiger partial charge in [0, 0.05) is 25.8 Å². The Morgan fingerprint density at radius 1 is 1.43 bits per heavy atom. The number of carbonyl (C=O) groups excluding carboxylic acids is 1. The molecule has 0 saturated carbocycles. The molecule has 0 fully saturated rings. The fraction of sp³-hybridized carbons (Fsp3) is 0.385. The van der Waals surface area contributed by atoms with Crippen molar-refractivity contribution in [1.82, 2.24) is 15.3 Å². The van der Waals surface area contributed by atoms with Gasteiger partial charge in [-0.05, 0) is 24.6 Å². The maximum atomic E-state index is 12.5. The van der Waals surface area contributed by atoms with E-state index in [1.807, 2.05) is 0 Å². The van der Waals surface area contributed by atoms with E-state index in [4.69, 9.17) is 4.74 Å². The van der Waals surface area contributed by atoms with Gasteiger partial charge in [-0.1, -0.05) is 0 Å². The lowest BCUT2D eigenvalue weighted by molar-refractivity contribution is -0.144. The number of nitrogens with zero attached hydrogens (tertiary/aromatic N) is 1. The van der Waals surface area contributed by atoms with Gasteiger partial charge in [-0.3, -0.25) is 4.79 Å². The van der Waals surface area contributed by atoms with E-state index in [-0.39, 0.29) is 22.5 Å². The van der Waals surface area contributed by atoms with E-state index in [1.165, 1.54) is 18.2 Å². The second-order valence-electron chi connectivity index (χ2n) is 4.42. The van der Waals surface area contributed by atoms with E-state index in [9.17, 15) is 18.0 Å². The number of rotatable bonds is 5. The lowest BCUT2D eigenvalue weighted by atomic mass is 10.2. The Hall–Kier alpha value is -2.09. The highest BCUT2D eigenvalue weighted by Gasteiger charge is 2.34. The predicted octanol–water partition coefficient (Wildman–Crippen LogP) is 2.35. The van der Waals surface area contributed by atoms with Crippen molar-refractivity contribution >= 4 is 16.9 Å². The van der Waals surface area contributed by atoms with Crippen LogP contribution < -0.4 is 5.32 Å². The zero-order valence-corrected chi connectivity index (χ0v) is 11.3. The first-order valence-electron chi connectivity index (χ1n) is 6.26. The van der Waals surface area contributed by atoms with Crippen molar-refractivity contribution in [3.63, 3.8) is 0 Å². The Bertz CT molecular complexity index is 637. The van der Waals surface area contributed by atoms with E-state index in [0.717, 1.165) is 0 Å². The summed E-state index contributed by atoms with van der Waals surface area (Å²) in [5.41, 5.74) is 0.613. The monoisotopic (exact) mass is 301 g/mol. The summed E-state index contributed by atoms with van der Waals surface area (Å²) < 4.78 is 42.5. The van der Waals surface area contributed by atoms with Crippen molar-refractivity contribution in [2.45, 2.75) is 12.6 Å². The van der Waals surface area contributed by atoms with Crippen molar-refractivity contribution in [2.24, 2.45) is 0 Å². The average molecular weight is 301 g/mol. The topological polar surface area (TPSA) is 67.0 Å². The number of ether oxygens (including phenoxy) is 1. The van der Waals surface area contributed by atoms with Crippen LogP contribution in [0.25, 0.3) is 11.0 Å². The summed E-state index contributed by atoms with van der Waals surface area (Å²) in [6.07, 6.45) is -3.88. The summed E-state index contributed by atoms with van der Waals surface area (Å²) in [4.78, 5) is 17.5. The van der Waals surface area contributed by atoms with E-state index < -0.39 is 12.0 Å². The van der Waals surface area contributed by atoms with Crippen LogP contribution in [-0.2, 0) is 10.9 Å². The number of nitrogens with one attached hydrogen (secondary N) is 2. The number of hydrogen-bond donors (Lipinski definition) is 2. The molecule has 8 heteroatoms. The number of hydrogen-bond acceptors (Lipinski definition) is 3. The highest BCUT2D eigenvalue weighted by molar-refractivity contribution is 5.97. The minimum atomic E-state index is -4.54. The number of aromatic nitrogens is 2. The van der Waals surface area contributed by atoms with Crippen LogP contribution in [0.2, 0.25) is 0 Å². The molecule has 5 nitrogen and oxygen atoms in total. The molecule has 0 aliphatic heterocycles. The maximum Gasteiger partial charge on any atom is 0.449 e. The number of carbonyl (C=O) groups is 1. The van der Waals surface area contributed by atoms with E-state index in [2.05, 4.69) is 15.3 Å². The smallest absolute Gasteiger partial charge is 0.385 e. The third kappa shape index (κ3) is 3.72. The van der Waals surface area contributed by atoms with Crippen LogP contribution in [0.4, 0.5) is 13.2 Å². The number of halogens is 3. The molecule has 0 spiro atoms. The molecule has 0 bridgehead atoms. The molecule has 0 unspecified atom stereocenters. The van der Waals surface area contributed by atoms with Crippen LogP contribution in [0.15, 0.2) is 18.2 Å².